The summed E-state index contributed by atoms with van der Waals surface area (Å²) < 4.78 is 10.5. The maximum absolute atomic E-state index is 12.5. The van der Waals surface area contributed by atoms with Gasteiger partial charge in [-0.2, -0.15) is 0 Å². The lowest BCUT2D eigenvalue weighted by Crippen LogP contribution is -2.48. The minimum absolute atomic E-state index is 0.170. The van der Waals surface area contributed by atoms with Crippen molar-refractivity contribution in [3.8, 4) is 5.75 Å². The highest BCUT2D eigenvalue weighted by atomic mass is 16.5. The fraction of sp³-hybridized carbons (Fsp3) is 0.529. The summed E-state index contributed by atoms with van der Waals surface area (Å²) >= 11 is 0. The van der Waals surface area contributed by atoms with Crippen molar-refractivity contribution in [2.45, 2.75) is 31.7 Å². The molecule has 1 aliphatic heterocycles. The summed E-state index contributed by atoms with van der Waals surface area (Å²) in [5.74, 6) is -0.761. The van der Waals surface area contributed by atoms with Crippen LogP contribution in [-0.2, 0) is 19.9 Å². The molecule has 0 bridgehead atoms. The quantitative estimate of drug-likeness (QED) is 0.836. The van der Waals surface area contributed by atoms with Crippen molar-refractivity contribution in [2.24, 2.45) is 5.92 Å². The van der Waals surface area contributed by atoms with E-state index in [1.165, 1.54) is 0 Å². The number of carbonyl (C=O) groups is 2. The third-order valence-corrected chi connectivity index (χ3v) is 4.14. The second kappa shape index (κ2) is 7.46. The maximum Gasteiger partial charge on any atom is 0.306 e. The Kier molecular flexibility index (Phi) is 5.60. The third kappa shape index (κ3) is 4.45. The predicted octanol–water partition coefficient (Wildman–Crippen LogP) is 1.93. The Morgan fingerprint density at radius 2 is 2.26 bits per heavy atom. The zero-order chi connectivity index (χ0) is 16.9. The van der Waals surface area contributed by atoms with Gasteiger partial charge in [0.05, 0.1) is 31.6 Å². The molecule has 0 saturated carbocycles. The number of carbonyl (C=O) groups excluding carboxylic acids is 1. The monoisotopic (exact) mass is 321 g/mol. The smallest absolute Gasteiger partial charge is 0.306 e. The standard InChI is InChI=1S/C17H23NO5/c1-17(10-15(19)20,13-6-3-7-14(9-13)22-2)18-16(21)12-5-4-8-23-11-12/h3,6-7,9,12H,4-5,8,10-11H2,1-2H3,(H,18,21)(H,19,20). The van der Waals surface area contributed by atoms with E-state index in [0.717, 1.165) is 12.8 Å². The van der Waals surface area contributed by atoms with Crippen LogP contribution in [0.1, 0.15) is 31.7 Å². The highest BCUT2D eigenvalue weighted by molar-refractivity contribution is 5.81. The number of carboxylic acids is 1. The average molecular weight is 321 g/mol. The SMILES string of the molecule is COc1cccc(C(C)(CC(=O)O)NC(=O)C2CCCOC2)c1. The van der Waals surface area contributed by atoms with Crippen molar-refractivity contribution >= 4 is 11.9 Å². The minimum Gasteiger partial charge on any atom is -0.497 e. The van der Waals surface area contributed by atoms with Crippen LogP contribution in [0.5, 0.6) is 5.75 Å². The first-order chi connectivity index (χ1) is 10.9. The van der Waals surface area contributed by atoms with Gasteiger partial charge in [-0.1, -0.05) is 12.1 Å². The van der Waals surface area contributed by atoms with Gasteiger partial charge < -0.3 is 19.9 Å². The van der Waals surface area contributed by atoms with E-state index in [9.17, 15) is 14.7 Å². The summed E-state index contributed by atoms with van der Waals surface area (Å²) in [5.41, 5.74) is -0.307. The number of carboxylic acid groups (broad SMARTS) is 1. The van der Waals surface area contributed by atoms with Crippen molar-refractivity contribution < 1.29 is 24.2 Å². The molecule has 6 heteroatoms. The predicted molar refractivity (Wildman–Crippen MR) is 84.3 cm³/mol. The second-order valence-corrected chi connectivity index (χ2v) is 6.04. The molecule has 2 unspecified atom stereocenters. The zero-order valence-electron chi connectivity index (χ0n) is 13.5. The molecule has 126 valence electrons. The van der Waals surface area contributed by atoms with E-state index in [2.05, 4.69) is 5.32 Å². The Morgan fingerprint density at radius 3 is 2.87 bits per heavy atom. The van der Waals surface area contributed by atoms with Crippen LogP contribution in [-0.4, -0.2) is 37.3 Å². The Balaban J connectivity index is 2.23. The summed E-state index contributed by atoms with van der Waals surface area (Å²) in [6.45, 7) is 2.77. The molecule has 1 aliphatic rings. The fourth-order valence-electron chi connectivity index (χ4n) is 2.81. The zero-order valence-corrected chi connectivity index (χ0v) is 13.5. The van der Waals surface area contributed by atoms with Gasteiger partial charge in [-0.3, -0.25) is 9.59 Å². The summed E-state index contributed by atoms with van der Waals surface area (Å²) in [5, 5.41) is 12.2. The molecule has 6 nitrogen and oxygen atoms in total. The summed E-state index contributed by atoms with van der Waals surface area (Å²) in [6, 6.07) is 7.11. The lowest BCUT2D eigenvalue weighted by atomic mass is 9.87. The molecule has 1 fully saturated rings. The molecule has 2 rings (SSSR count). The summed E-state index contributed by atoms with van der Waals surface area (Å²) in [6.07, 6.45) is 1.39. The molecule has 1 aromatic rings. The number of ether oxygens (including phenoxy) is 2. The van der Waals surface area contributed by atoms with Crippen LogP contribution in [0.15, 0.2) is 24.3 Å². The maximum atomic E-state index is 12.5. The molecule has 2 N–H and O–H groups in total. The fourth-order valence-corrected chi connectivity index (χ4v) is 2.81. The number of aliphatic carboxylic acids is 1. The van der Waals surface area contributed by atoms with Gasteiger partial charge >= 0.3 is 5.97 Å². The second-order valence-electron chi connectivity index (χ2n) is 6.04. The highest BCUT2D eigenvalue weighted by Crippen LogP contribution is 2.29. The number of hydrogen-bond donors (Lipinski definition) is 2. The summed E-state index contributed by atoms with van der Waals surface area (Å²) in [7, 11) is 1.55. The van der Waals surface area contributed by atoms with Gasteiger partial charge in [-0.25, -0.2) is 0 Å². The highest BCUT2D eigenvalue weighted by Gasteiger charge is 2.34. The van der Waals surface area contributed by atoms with Gasteiger partial charge in [0.2, 0.25) is 5.91 Å². The van der Waals surface area contributed by atoms with Crippen LogP contribution >= 0.6 is 0 Å². The first-order valence-corrected chi connectivity index (χ1v) is 7.71. The van der Waals surface area contributed by atoms with Crippen LogP contribution in [0, 0.1) is 5.92 Å². The van der Waals surface area contributed by atoms with Crippen LogP contribution in [0.4, 0.5) is 0 Å². The van der Waals surface area contributed by atoms with E-state index in [1.54, 1.807) is 38.3 Å². The summed E-state index contributed by atoms with van der Waals surface area (Å²) in [4.78, 5) is 23.8. The van der Waals surface area contributed by atoms with E-state index in [1.807, 2.05) is 0 Å². The van der Waals surface area contributed by atoms with Crippen molar-refractivity contribution in [2.75, 3.05) is 20.3 Å². The van der Waals surface area contributed by atoms with E-state index < -0.39 is 11.5 Å². The van der Waals surface area contributed by atoms with Gasteiger partial charge in [-0.15, -0.1) is 0 Å². The van der Waals surface area contributed by atoms with Crippen LogP contribution in [0.3, 0.4) is 0 Å². The molecular formula is C17H23NO5. The van der Waals surface area contributed by atoms with Crippen molar-refractivity contribution in [3.05, 3.63) is 29.8 Å². The molecular weight excluding hydrogens is 298 g/mol. The first-order valence-electron chi connectivity index (χ1n) is 7.71. The number of methoxy groups -OCH3 is 1. The van der Waals surface area contributed by atoms with E-state index in [-0.39, 0.29) is 18.2 Å². The Morgan fingerprint density at radius 1 is 1.48 bits per heavy atom. The van der Waals surface area contributed by atoms with Crippen LogP contribution in [0.2, 0.25) is 0 Å². The van der Waals surface area contributed by atoms with Gasteiger partial charge in [0.25, 0.3) is 0 Å². The number of rotatable bonds is 6. The molecule has 23 heavy (non-hydrogen) atoms. The lowest BCUT2D eigenvalue weighted by Gasteiger charge is -2.33. The lowest BCUT2D eigenvalue weighted by molar-refractivity contribution is -0.139. The number of benzene rings is 1. The third-order valence-electron chi connectivity index (χ3n) is 4.14. The van der Waals surface area contributed by atoms with Gasteiger partial charge in [0.1, 0.15) is 5.75 Å². The topological polar surface area (TPSA) is 84.9 Å². The molecule has 1 saturated heterocycles. The van der Waals surface area contributed by atoms with Gasteiger partial charge in [0.15, 0.2) is 0 Å². The first kappa shape index (κ1) is 17.3. The molecule has 0 spiro atoms. The van der Waals surface area contributed by atoms with Crippen molar-refractivity contribution in [3.63, 3.8) is 0 Å². The van der Waals surface area contributed by atoms with Crippen LogP contribution < -0.4 is 10.1 Å². The molecule has 1 aromatic carbocycles. The van der Waals surface area contributed by atoms with E-state index >= 15 is 0 Å². The molecule has 1 heterocycles. The molecule has 0 aromatic heterocycles. The largest absolute Gasteiger partial charge is 0.497 e. The Bertz CT molecular complexity index is 568. The Labute approximate surface area is 135 Å². The van der Waals surface area contributed by atoms with Gasteiger partial charge in [0, 0.05) is 6.61 Å². The Hall–Kier alpha value is -2.08. The van der Waals surface area contributed by atoms with E-state index in [0.29, 0.717) is 24.5 Å². The number of amides is 1. The van der Waals surface area contributed by atoms with Crippen LogP contribution in [0.25, 0.3) is 0 Å². The van der Waals surface area contributed by atoms with Gasteiger partial charge in [-0.05, 0) is 37.5 Å². The molecule has 1 amide bonds. The number of hydrogen-bond acceptors (Lipinski definition) is 4. The normalized spacial score (nSPS) is 20.3. The molecule has 0 aliphatic carbocycles. The molecule has 0 radical (unpaired) electrons. The minimum atomic E-state index is -1.01. The number of nitrogens with one attached hydrogen (secondary N) is 1. The molecule has 2 atom stereocenters. The average Bonchev–Trinajstić information content (AvgIpc) is 2.55. The van der Waals surface area contributed by atoms with Crippen molar-refractivity contribution in [1.29, 1.82) is 0 Å². The van der Waals surface area contributed by atoms with E-state index in [4.69, 9.17) is 9.47 Å². The van der Waals surface area contributed by atoms with Crippen molar-refractivity contribution in [1.82, 2.24) is 5.32 Å².